The van der Waals surface area contributed by atoms with Crippen LogP contribution in [0.15, 0.2) is 0 Å². The SMILES string of the molecule is CCc1nnc(NCC2(C)CCCNC2)c(C#N)c1CC. The van der Waals surface area contributed by atoms with E-state index in [0.717, 1.165) is 43.7 Å². The van der Waals surface area contributed by atoms with Gasteiger partial charge in [0.25, 0.3) is 0 Å². The Balaban J connectivity index is 2.18. The van der Waals surface area contributed by atoms with E-state index in [9.17, 15) is 5.26 Å². The molecule has 0 aromatic carbocycles. The molecule has 0 bridgehead atoms. The zero-order valence-electron chi connectivity index (χ0n) is 13.3. The molecule has 1 aromatic heterocycles. The first-order chi connectivity index (χ1) is 10.1. The number of nitrogens with one attached hydrogen (secondary N) is 2. The van der Waals surface area contributed by atoms with E-state index in [2.05, 4.69) is 40.7 Å². The molecule has 2 heterocycles. The first-order valence-electron chi connectivity index (χ1n) is 7.86. The first-order valence-corrected chi connectivity index (χ1v) is 7.86. The summed E-state index contributed by atoms with van der Waals surface area (Å²) < 4.78 is 0. The smallest absolute Gasteiger partial charge is 0.166 e. The van der Waals surface area contributed by atoms with Crippen molar-refractivity contribution in [3.8, 4) is 6.07 Å². The van der Waals surface area contributed by atoms with Gasteiger partial charge in [-0.1, -0.05) is 20.8 Å². The van der Waals surface area contributed by atoms with Crippen molar-refractivity contribution in [2.75, 3.05) is 25.0 Å². The number of hydrogen-bond donors (Lipinski definition) is 2. The van der Waals surface area contributed by atoms with Gasteiger partial charge < -0.3 is 10.6 Å². The van der Waals surface area contributed by atoms with Crippen molar-refractivity contribution in [2.24, 2.45) is 5.41 Å². The summed E-state index contributed by atoms with van der Waals surface area (Å²) in [5.74, 6) is 0.637. The molecular weight excluding hydrogens is 262 g/mol. The zero-order valence-corrected chi connectivity index (χ0v) is 13.3. The van der Waals surface area contributed by atoms with Gasteiger partial charge >= 0.3 is 0 Å². The number of hydrogen-bond acceptors (Lipinski definition) is 5. The lowest BCUT2D eigenvalue weighted by Gasteiger charge is -2.34. The van der Waals surface area contributed by atoms with Crippen LogP contribution in [0.3, 0.4) is 0 Å². The number of nitrogens with zero attached hydrogens (tertiary/aromatic N) is 3. The number of aryl methyl sites for hydroxylation is 1. The third kappa shape index (κ3) is 3.51. The van der Waals surface area contributed by atoms with E-state index in [1.165, 1.54) is 12.8 Å². The number of aromatic nitrogens is 2. The van der Waals surface area contributed by atoms with Crippen LogP contribution < -0.4 is 10.6 Å². The lowest BCUT2D eigenvalue weighted by atomic mass is 9.83. The summed E-state index contributed by atoms with van der Waals surface area (Å²) in [5, 5.41) is 24.8. The minimum absolute atomic E-state index is 0.211. The number of nitriles is 1. The Kier molecular flexibility index (Phi) is 5.13. The Bertz CT molecular complexity index is 526. The van der Waals surface area contributed by atoms with Crippen LogP contribution >= 0.6 is 0 Å². The van der Waals surface area contributed by atoms with E-state index in [4.69, 9.17) is 0 Å². The molecule has 1 aliphatic rings. The predicted octanol–water partition coefficient (Wildman–Crippen LogP) is 2.27. The van der Waals surface area contributed by atoms with Gasteiger partial charge in [0.1, 0.15) is 11.6 Å². The van der Waals surface area contributed by atoms with Crippen LogP contribution in [0.1, 0.15) is 50.4 Å². The van der Waals surface area contributed by atoms with Crippen molar-refractivity contribution in [2.45, 2.75) is 46.5 Å². The highest BCUT2D eigenvalue weighted by molar-refractivity contribution is 5.56. The maximum absolute atomic E-state index is 9.48. The number of anilines is 1. The molecule has 1 fully saturated rings. The number of piperidine rings is 1. The molecule has 0 amide bonds. The zero-order chi connectivity index (χ0) is 15.3. The van der Waals surface area contributed by atoms with Crippen LogP contribution in [-0.4, -0.2) is 29.8 Å². The molecule has 2 rings (SSSR count). The summed E-state index contributed by atoms with van der Waals surface area (Å²) in [4.78, 5) is 0. The third-order valence-electron chi connectivity index (χ3n) is 4.33. The Morgan fingerprint density at radius 3 is 2.71 bits per heavy atom. The van der Waals surface area contributed by atoms with Gasteiger partial charge in [-0.15, -0.1) is 5.10 Å². The largest absolute Gasteiger partial charge is 0.367 e. The van der Waals surface area contributed by atoms with E-state index in [0.29, 0.717) is 11.4 Å². The molecule has 21 heavy (non-hydrogen) atoms. The Labute approximate surface area is 127 Å². The monoisotopic (exact) mass is 287 g/mol. The van der Waals surface area contributed by atoms with Gasteiger partial charge in [-0.05, 0) is 43.2 Å². The fourth-order valence-electron chi connectivity index (χ4n) is 2.98. The van der Waals surface area contributed by atoms with E-state index >= 15 is 0 Å². The molecule has 114 valence electrons. The average Bonchev–Trinajstić information content (AvgIpc) is 2.52. The number of rotatable bonds is 5. The minimum Gasteiger partial charge on any atom is -0.367 e. The standard InChI is InChI=1S/C16H25N5/c1-4-12-13(9-17)15(21-20-14(12)5-2)19-11-16(3)7-6-8-18-10-16/h18H,4-8,10-11H2,1-3H3,(H,19,21). The molecule has 5 heteroatoms. The lowest BCUT2D eigenvalue weighted by Crippen LogP contribution is -2.42. The van der Waals surface area contributed by atoms with Crippen molar-refractivity contribution in [3.63, 3.8) is 0 Å². The van der Waals surface area contributed by atoms with Crippen molar-refractivity contribution < 1.29 is 0 Å². The fourth-order valence-corrected chi connectivity index (χ4v) is 2.98. The summed E-state index contributed by atoms with van der Waals surface area (Å²) >= 11 is 0. The van der Waals surface area contributed by atoms with E-state index in [1.807, 2.05) is 6.92 Å². The maximum Gasteiger partial charge on any atom is 0.166 e. The van der Waals surface area contributed by atoms with Gasteiger partial charge in [0.2, 0.25) is 0 Å². The van der Waals surface area contributed by atoms with Crippen LogP contribution in [0.25, 0.3) is 0 Å². The van der Waals surface area contributed by atoms with Gasteiger partial charge in [0.15, 0.2) is 5.82 Å². The lowest BCUT2D eigenvalue weighted by molar-refractivity contribution is 0.253. The highest BCUT2D eigenvalue weighted by Crippen LogP contribution is 2.27. The highest BCUT2D eigenvalue weighted by atomic mass is 15.2. The van der Waals surface area contributed by atoms with Crippen molar-refractivity contribution >= 4 is 5.82 Å². The van der Waals surface area contributed by atoms with Crippen molar-refractivity contribution in [3.05, 3.63) is 16.8 Å². The molecule has 0 saturated carbocycles. The second-order valence-electron chi connectivity index (χ2n) is 6.11. The van der Waals surface area contributed by atoms with Gasteiger partial charge in [0, 0.05) is 13.1 Å². The molecule has 1 aromatic rings. The van der Waals surface area contributed by atoms with Crippen LogP contribution in [-0.2, 0) is 12.8 Å². The van der Waals surface area contributed by atoms with Crippen molar-refractivity contribution in [1.82, 2.24) is 15.5 Å². The molecule has 0 radical (unpaired) electrons. The topological polar surface area (TPSA) is 73.6 Å². The molecule has 1 unspecified atom stereocenters. The summed E-state index contributed by atoms with van der Waals surface area (Å²) in [5.41, 5.74) is 2.84. The summed E-state index contributed by atoms with van der Waals surface area (Å²) in [7, 11) is 0. The minimum atomic E-state index is 0.211. The predicted molar refractivity (Wildman–Crippen MR) is 84.2 cm³/mol. The molecular formula is C16H25N5. The van der Waals surface area contributed by atoms with Gasteiger partial charge in [0.05, 0.1) is 5.69 Å². The molecule has 1 aliphatic heterocycles. The summed E-state index contributed by atoms with van der Waals surface area (Å²) in [6.45, 7) is 9.30. The van der Waals surface area contributed by atoms with Crippen LogP contribution in [0, 0.1) is 16.7 Å². The Morgan fingerprint density at radius 1 is 1.33 bits per heavy atom. The van der Waals surface area contributed by atoms with Crippen LogP contribution in [0.2, 0.25) is 0 Å². The van der Waals surface area contributed by atoms with Gasteiger partial charge in [-0.2, -0.15) is 10.4 Å². The molecule has 0 aliphatic carbocycles. The third-order valence-corrected chi connectivity index (χ3v) is 4.33. The Hall–Kier alpha value is -1.67. The molecule has 1 saturated heterocycles. The molecule has 1 atom stereocenters. The molecule has 2 N–H and O–H groups in total. The van der Waals surface area contributed by atoms with Crippen molar-refractivity contribution in [1.29, 1.82) is 5.26 Å². The molecule has 5 nitrogen and oxygen atoms in total. The van der Waals surface area contributed by atoms with Crippen LogP contribution in [0.5, 0.6) is 0 Å². The van der Waals surface area contributed by atoms with Gasteiger partial charge in [-0.3, -0.25) is 0 Å². The Morgan fingerprint density at radius 2 is 2.14 bits per heavy atom. The second-order valence-corrected chi connectivity index (χ2v) is 6.11. The second kappa shape index (κ2) is 6.86. The fraction of sp³-hybridized carbons (Fsp3) is 0.688. The van der Waals surface area contributed by atoms with E-state index in [1.54, 1.807) is 0 Å². The normalized spacial score (nSPS) is 21.8. The van der Waals surface area contributed by atoms with E-state index < -0.39 is 0 Å². The van der Waals surface area contributed by atoms with E-state index in [-0.39, 0.29) is 5.41 Å². The first kappa shape index (κ1) is 15.7. The molecule has 0 spiro atoms. The van der Waals surface area contributed by atoms with Crippen LogP contribution in [0.4, 0.5) is 5.82 Å². The summed E-state index contributed by atoms with van der Waals surface area (Å²) in [6.07, 6.45) is 4.02. The highest BCUT2D eigenvalue weighted by Gasteiger charge is 2.27. The average molecular weight is 287 g/mol. The summed E-state index contributed by atoms with van der Waals surface area (Å²) in [6, 6.07) is 2.31. The van der Waals surface area contributed by atoms with Gasteiger partial charge in [-0.25, -0.2) is 0 Å². The maximum atomic E-state index is 9.48. The quantitative estimate of drug-likeness (QED) is 0.869.